The number of rotatable bonds is 7. The average molecular weight is 284 g/mol. The lowest BCUT2D eigenvalue weighted by Gasteiger charge is -2.07. The van der Waals surface area contributed by atoms with Gasteiger partial charge in [-0.2, -0.15) is 0 Å². The topological polar surface area (TPSA) is 29.5 Å². The minimum atomic E-state index is 0.146. The largest absolute Gasteiger partial charge is 0.512 e. The number of aliphatic hydroxyl groups excluding tert-OH is 1. The number of methoxy groups -OCH3 is 1. The maximum Gasteiger partial charge on any atom is 0.118 e. The van der Waals surface area contributed by atoms with E-state index in [1.807, 2.05) is 50.3 Å². The van der Waals surface area contributed by atoms with E-state index in [1.165, 1.54) is 0 Å². The van der Waals surface area contributed by atoms with Crippen molar-refractivity contribution in [3.8, 4) is 5.75 Å². The van der Waals surface area contributed by atoms with Crippen molar-refractivity contribution in [1.82, 2.24) is 0 Å². The van der Waals surface area contributed by atoms with Crippen molar-refractivity contribution in [3.05, 3.63) is 72.0 Å². The van der Waals surface area contributed by atoms with Gasteiger partial charge >= 0.3 is 0 Å². The highest BCUT2D eigenvalue weighted by Crippen LogP contribution is 2.18. The van der Waals surface area contributed by atoms with Crippen LogP contribution in [0.5, 0.6) is 5.75 Å². The molecule has 0 radical (unpaired) electrons. The quantitative estimate of drug-likeness (QED) is 0.418. The van der Waals surface area contributed by atoms with E-state index in [-0.39, 0.29) is 5.92 Å². The number of benzene rings is 1. The number of allylic oxidation sites excluding steroid dienone is 6. The van der Waals surface area contributed by atoms with E-state index < -0.39 is 0 Å². The lowest BCUT2D eigenvalue weighted by atomic mass is 9.98. The van der Waals surface area contributed by atoms with Crippen LogP contribution >= 0.6 is 0 Å². The zero-order valence-electron chi connectivity index (χ0n) is 13.0. The van der Waals surface area contributed by atoms with E-state index in [9.17, 15) is 5.11 Å². The predicted molar refractivity (Wildman–Crippen MR) is 90.5 cm³/mol. The van der Waals surface area contributed by atoms with Gasteiger partial charge in [0.15, 0.2) is 0 Å². The minimum absolute atomic E-state index is 0.146. The Balaban J connectivity index is 2.80. The smallest absolute Gasteiger partial charge is 0.118 e. The molecule has 112 valence electrons. The van der Waals surface area contributed by atoms with E-state index in [4.69, 9.17) is 4.74 Å². The van der Waals surface area contributed by atoms with Crippen LogP contribution in [0.2, 0.25) is 0 Å². The molecule has 0 aliphatic carbocycles. The Hall–Kier alpha value is -2.22. The summed E-state index contributed by atoms with van der Waals surface area (Å²) < 4.78 is 5.14. The van der Waals surface area contributed by atoms with Gasteiger partial charge in [-0.3, -0.25) is 0 Å². The van der Waals surface area contributed by atoms with Crippen molar-refractivity contribution in [2.75, 3.05) is 7.11 Å². The monoisotopic (exact) mass is 284 g/mol. The van der Waals surface area contributed by atoms with Crippen molar-refractivity contribution in [2.24, 2.45) is 5.92 Å². The normalized spacial score (nSPS) is 14.2. The zero-order chi connectivity index (χ0) is 15.7. The molecule has 2 nitrogen and oxygen atoms in total. The van der Waals surface area contributed by atoms with Crippen LogP contribution in [0.3, 0.4) is 0 Å². The second-order valence-corrected chi connectivity index (χ2v) is 4.82. The first-order chi connectivity index (χ1) is 10.1. The highest BCUT2D eigenvalue weighted by atomic mass is 16.5. The van der Waals surface area contributed by atoms with Gasteiger partial charge in [-0.05, 0) is 30.7 Å². The number of hydrogen-bond donors (Lipinski definition) is 1. The van der Waals surface area contributed by atoms with Crippen LogP contribution in [-0.4, -0.2) is 12.2 Å². The minimum Gasteiger partial charge on any atom is -0.512 e. The second-order valence-electron chi connectivity index (χ2n) is 4.82. The van der Waals surface area contributed by atoms with E-state index >= 15 is 0 Å². The number of aliphatic hydroxyl groups is 1. The van der Waals surface area contributed by atoms with Gasteiger partial charge in [0, 0.05) is 12.3 Å². The molecule has 0 fully saturated rings. The van der Waals surface area contributed by atoms with Gasteiger partial charge < -0.3 is 9.84 Å². The Labute approximate surface area is 127 Å². The van der Waals surface area contributed by atoms with Crippen LogP contribution in [-0.2, 0) is 0 Å². The van der Waals surface area contributed by atoms with E-state index in [0.717, 1.165) is 16.9 Å². The Morgan fingerprint density at radius 2 is 1.95 bits per heavy atom. The molecule has 0 aliphatic rings. The van der Waals surface area contributed by atoms with Gasteiger partial charge in [0.05, 0.1) is 12.9 Å². The summed E-state index contributed by atoms with van der Waals surface area (Å²) in [5.41, 5.74) is 2.25. The van der Waals surface area contributed by atoms with Gasteiger partial charge in [-0.15, -0.1) is 6.58 Å². The molecule has 0 spiro atoms. The van der Waals surface area contributed by atoms with Crippen molar-refractivity contribution in [1.29, 1.82) is 0 Å². The summed E-state index contributed by atoms with van der Waals surface area (Å²) in [5.74, 6) is 1.38. The molecule has 0 amide bonds. The van der Waals surface area contributed by atoms with Gasteiger partial charge in [0.2, 0.25) is 0 Å². The number of ether oxygens (including phenoxy) is 1. The standard InChI is InChI=1S/C19H24O2/c1-5-17(15(3)7-12-18(20)6-2)11-8-16-9-13-19(21-4)14-10-16/h5,7-14,17,20H,1,6H2,2-4H3/b11-8-,15-7+,18-12+. The molecule has 0 bridgehead atoms. The van der Waals surface area contributed by atoms with Gasteiger partial charge in [-0.25, -0.2) is 0 Å². The molecule has 21 heavy (non-hydrogen) atoms. The highest BCUT2D eigenvalue weighted by molar-refractivity contribution is 5.52. The van der Waals surface area contributed by atoms with E-state index in [0.29, 0.717) is 12.2 Å². The molecule has 0 aliphatic heterocycles. The third-order valence-electron chi connectivity index (χ3n) is 3.29. The first-order valence-corrected chi connectivity index (χ1v) is 7.11. The summed E-state index contributed by atoms with van der Waals surface area (Å²) in [6.45, 7) is 7.83. The molecule has 2 heteroatoms. The van der Waals surface area contributed by atoms with Crippen LogP contribution in [0.4, 0.5) is 0 Å². The molecule has 0 heterocycles. The van der Waals surface area contributed by atoms with Crippen molar-refractivity contribution >= 4 is 6.08 Å². The highest BCUT2D eigenvalue weighted by Gasteiger charge is 2.01. The Morgan fingerprint density at radius 3 is 2.48 bits per heavy atom. The van der Waals surface area contributed by atoms with Crippen molar-refractivity contribution in [3.63, 3.8) is 0 Å². The molecule has 1 atom stereocenters. The fraction of sp³-hybridized carbons (Fsp3) is 0.263. The average Bonchev–Trinajstić information content (AvgIpc) is 2.53. The van der Waals surface area contributed by atoms with Crippen molar-refractivity contribution in [2.45, 2.75) is 20.3 Å². The summed E-state index contributed by atoms with van der Waals surface area (Å²) in [6.07, 6.45) is 10.4. The Morgan fingerprint density at radius 1 is 1.29 bits per heavy atom. The molecule has 1 unspecified atom stereocenters. The summed E-state index contributed by atoms with van der Waals surface area (Å²) in [6, 6.07) is 7.90. The molecular formula is C19H24O2. The maximum absolute atomic E-state index is 9.48. The van der Waals surface area contributed by atoms with Crippen LogP contribution < -0.4 is 4.74 Å². The van der Waals surface area contributed by atoms with Gasteiger partial charge in [0.1, 0.15) is 5.75 Å². The predicted octanol–water partition coefficient (Wildman–Crippen LogP) is 5.31. The van der Waals surface area contributed by atoms with Crippen molar-refractivity contribution < 1.29 is 9.84 Å². The molecule has 0 saturated carbocycles. The molecule has 1 aromatic carbocycles. The summed E-state index contributed by atoms with van der Waals surface area (Å²) in [4.78, 5) is 0. The zero-order valence-corrected chi connectivity index (χ0v) is 13.0. The third kappa shape index (κ3) is 5.74. The molecule has 1 rings (SSSR count). The fourth-order valence-corrected chi connectivity index (χ4v) is 1.80. The lowest BCUT2D eigenvalue weighted by molar-refractivity contribution is 0.394. The summed E-state index contributed by atoms with van der Waals surface area (Å²) >= 11 is 0. The Bertz CT molecular complexity index is 533. The second kappa shape index (κ2) is 8.85. The summed E-state index contributed by atoms with van der Waals surface area (Å²) in [5, 5.41) is 9.48. The summed E-state index contributed by atoms with van der Waals surface area (Å²) in [7, 11) is 1.66. The van der Waals surface area contributed by atoms with Gasteiger partial charge in [0.25, 0.3) is 0 Å². The maximum atomic E-state index is 9.48. The fourth-order valence-electron chi connectivity index (χ4n) is 1.80. The van der Waals surface area contributed by atoms with Crippen LogP contribution in [0, 0.1) is 5.92 Å². The number of hydrogen-bond acceptors (Lipinski definition) is 2. The molecule has 1 aromatic rings. The van der Waals surface area contributed by atoms with Crippen LogP contribution in [0.25, 0.3) is 6.08 Å². The molecule has 0 saturated heterocycles. The van der Waals surface area contributed by atoms with Crippen LogP contribution in [0.1, 0.15) is 25.8 Å². The Kier molecular flexibility index (Phi) is 7.10. The van der Waals surface area contributed by atoms with E-state index in [2.05, 4.69) is 18.7 Å². The SMILES string of the molecule is C=CC(/C=C\c1ccc(OC)cc1)/C(C)=C/C=C(/O)CC. The molecule has 0 aromatic heterocycles. The van der Waals surface area contributed by atoms with Gasteiger partial charge in [-0.1, -0.05) is 48.9 Å². The molecule has 1 N–H and O–H groups in total. The lowest BCUT2D eigenvalue weighted by Crippen LogP contribution is -1.93. The first-order valence-electron chi connectivity index (χ1n) is 7.11. The first kappa shape index (κ1) is 16.8. The molecular weight excluding hydrogens is 260 g/mol. The third-order valence-corrected chi connectivity index (χ3v) is 3.29. The van der Waals surface area contributed by atoms with E-state index in [1.54, 1.807) is 13.2 Å². The van der Waals surface area contributed by atoms with Crippen LogP contribution in [0.15, 0.2) is 66.5 Å².